The van der Waals surface area contributed by atoms with Crippen LogP contribution in [0.25, 0.3) is 10.8 Å². The summed E-state index contributed by atoms with van der Waals surface area (Å²) in [5.74, 6) is 0. The average Bonchev–Trinajstić information content (AvgIpc) is 2.67. The molecule has 0 unspecified atom stereocenters. The molecule has 3 aromatic rings. The van der Waals surface area contributed by atoms with Crippen molar-refractivity contribution in [3.05, 3.63) is 71.5 Å². The van der Waals surface area contributed by atoms with Gasteiger partial charge in [0.05, 0.1) is 17.3 Å². The number of benzene rings is 2. The third kappa shape index (κ3) is 4.23. The molecular formula is C22H21F3N4O. The number of amides is 2. The maximum absolute atomic E-state index is 13.1. The van der Waals surface area contributed by atoms with Gasteiger partial charge in [-0.25, -0.2) is 4.79 Å². The quantitative estimate of drug-likeness (QED) is 0.658. The van der Waals surface area contributed by atoms with E-state index in [-0.39, 0.29) is 24.2 Å². The van der Waals surface area contributed by atoms with Crippen molar-refractivity contribution in [3.63, 3.8) is 0 Å². The highest BCUT2D eigenvalue weighted by molar-refractivity contribution is 6.02. The fourth-order valence-corrected chi connectivity index (χ4v) is 3.77. The molecule has 2 N–H and O–H groups in total. The Morgan fingerprint density at radius 1 is 1.10 bits per heavy atom. The number of aryl methyl sites for hydroxylation is 1. The molecule has 0 bridgehead atoms. The van der Waals surface area contributed by atoms with E-state index in [0.29, 0.717) is 18.8 Å². The van der Waals surface area contributed by atoms with Crippen LogP contribution in [0.3, 0.4) is 0 Å². The lowest BCUT2D eigenvalue weighted by molar-refractivity contribution is -0.138. The van der Waals surface area contributed by atoms with Gasteiger partial charge in [-0.15, -0.1) is 0 Å². The standard InChI is InChI=1S/C22H21F3N4O/c1-14-17-6-4-8-20(18(17)9-10-26-14)28-21(30)27-16-12-29(13-16)11-15-5-2-3-7-19(15)22(23,24)25/h2-10,16H,11-13H2,1H3,(H2,27,28,30). The molecule has 4 rings (SSSR count). The molecule has 1 saturated heterocycles. The highest BCUT2D eigenvalue weighted by Gasteiger charge is 2.35. The van der Waals surface area contributed by atoms with Crippen LogP contribution < -0.4 is 10.6 Å². The second kappa shape index (κ2) is 7.95. The molecule has 1 aliphatic rings. The highest BCUT2D eigenvalue weighted by Crippen LogP contribution is 2.33. The van der Waals surface area contributed by atoms with E-state index in [1.165, 1.54) is 12.1 Å². The van der Waals surface area contributed by atoms with E-state index in [1.54, 1.807) is 12.3 Å². The number of urea groups is 1. The summed E-state index contributed by atoms with van der Waals surface area (Å²) in [6.45, 7) is 3.10. The first-order valence-corrected chi connectivity index (χ1v) is 9.60. The van der Waals surface area contributed by atoms with Crippen LogP contribution in [0.4, 0.5) is 23.7 Å². The smallest absolute Gasteiger partial charge is 0.333 e. The van der Waals surface area contributed by atoms with Crippen molar-refractivity contribution in [2.75, 3.05) is 18.4 Å². The number of likely N-dealkylation sites (tertiary alicyclic amines) is 1. The van der Waals surface area contributed by atoms with E-state index in [1.807, 2.05) is 36.1 Å². The predicted octanol–water partition coefficient (Wildman–Crippen LogP) is 4.57. The molecule has 156 valence electrons. The molecule has 1 aromatic heterocycles. The van der Waals surface area contributed by atoms with Gasteiger partial charge < -0.3 is 10.6 Å². The zero-order valence-corrected chi connectivity index (χ0v) is 16.3. The normalized spacial score (nSPS) is 15.1. The van der Waals surface area contributed by atoms with Gasteiger partial charge in [0.2, 0.25) is 0 Å². The number of hydrogen-bond acceptors (Lipinski definition) is 3. The minimum Gasteiger partial charge on any atom is -0.333 e. The number of carbonyl (C=O) groups is 1. The van der Waals surface area contributed by atoms with Gasteiger partial charge in [0.25, 0.3) is 0 Å². The molecule has 2 aromatic carbocycles. The number of rotatable bonds is 4. The molecule has 30 heavy (non-hydrogen) atoms. The van der Waals surface area contributed by atoms with Gasteiger partial charge in [-0.1, -0.05) is 30.3 Å². The molecule has 0 atom stereocenters. The minimum absolute atomic E-state index is 0.110. The van der Waals surface area contributed by atoms with Gasteiger partial charge in [-0.05, 0) is 30.7 Å². The molecule has 1 aliphatic heterocycles. The van der Waals surface area contributed by atoms with Gasteiger partial charge in [-0.3, -0.25) is 9.88 Å². The maximum Gasteiger partial charge on any atom is 0.416 e. The molecule has 1 fully saturated rings. The third-order valence-corrected chi connectivity index (χ3v) is 5.26. The Bertz CT molecular complexity index is 1080. The van der Waals surface area contributed by atoms with Gasteiger partial charge in [0.1, 0.15) is 0 Å². The Morgan fingerprint density at radius 2 is 1.87 bits per heavy atom. The monoisotopic (exact) mass is 414 g/mol. The number of halogens is 3. The van der Waals surface area contributed by atoms with Crippen LogP contribution in [0.1, 0.15) is 16.8 Å². The largest absolute Gasteiger partial charge is 0.416 e. The van der Waals surface area contributed by atoms with Gasteiger partial charge in [0, 0.05) is 42.3 Å². The molecule has 2 amide bonds. The predicted molar refractivity (Wildman–Crippen MR) is 109 cm³/mol. The molecule has 5 nitrogen and oxygen atoms in total. The number of nitrogens with one attached hydrogen (secondary N) is 2. The fraction of sp³-hybridized carbons (Fsp3) is 0.273. The van der Waals surface area contributed by atoms with Crippen molar-refractivity contribution in [2.45, 2.75) is 25.7 Å². The first kappa shape index (κ1) is 20.2. The summed E-state index contributed by atoms with van der Waals surface area (Å²) in [4.78, 5) is 18.5. The summed E-state index contributed by atoms with van der Waals surface area (Å²) < 4.78 is 39.4. The number of carbonyl (C=O) groups excluding carboxylic acids is 1. The summed E-state index contributed by atoms with van der Waals surface area (Å²) in [7, 11) is 0. The molecule has 0 radical (unpaired) electrons. The Balaban J connectivity index is 1.33. The first-order chi connectivity index (χ1) is 14.3. The van der Waals surface area contributed by atoms with Gasteiger partial charge in [-0.2, -0.15) is 13.2 Å². The number of anilines is 1. The Morgan fingerprint density at radius 3 is 2.63 bits per heavy atom. The van der Waals surface area contributed by atoms with Crippen molar-refractivity contribution < 1.29 is 18.0 Å². The fourth-order valence-electron chi connectivity index (χ4n) is 3.77. The lowest BCUT2D eigenvalue weighted by Crippen LogP contribution is -2.59. The van der Waals surface area contributed by atoms with Crippen LogP contribution >= 0.6 is 0 Å². The van der Waals surface area contributed by atoms with Crippen LogP contribution in [-0.4, -0.2) is 35.0 Å². The topological polar surface area (TPSA) is 57.3 Å². The number of alkyl halides is 3. The SMILES string of the molecule is Cc1nccc2c(NC(=O)NC3CN(Cc4ccccc4C(F)(F)F)C3)cccc12. The second-order valence-electron chi connectivity index (χ2n) is 7.44. The number of fused-ring (bicyclic) bond motifs is 1. The summed E-state index contributed by atoms with van der Waals surface area (Å²) in [5.41, 5.74) is 1.20. The van der Waals surface area contributed by atoms with E-state index in [4.69, 9.17) is 0 Å². The van der Waals surface area contributed by atoms with Crippen LogP contribution in [0.5, 0.6) is 0 Å². The first-order valence-electron chi connectivity index (χ1n) is 9.60. The Labute approximate surface area is 171 Å². The van der Waals surface area contributed by atoms with E-state index in [0.717, 1.165) is 22.5 Å². The van der Waals surface area contributed by atoms with Crippen LogP contribution in [-0.2, 0) is 12.7 Å². The number of pyridine rings is 1. The molecular weight excluding hydrogens is 393 g/mol. The van der Waals surface area contributed by atoms with Crippen molar-refractivity contribution in [3.8, 4) is 0 Å². The zero-order valence-electron chi connectivity index (χ0n) is 16.3. The maximum atomic E-state index is 13.1. The third-order valence-electron chi connectivity index (χ3n) is 5.26. The van der Waals surface area contributed by atoms with Crippen molar-refractivity contribution in [1.29, 1.82) is 0 Å². The number of hydrogen-bond donors (Lipinski definition) is 2. The number of aromatic nitrogens is 1. The van der Waals surface area contributed by atoms with Crippen molar-refractivity contribution in [1.82, 2.24) is 15.2 Å². The molecule has 0 aliphatic carbocycles. The van der Waals surface area contributed by atoms with Crippen LogP contribution in [0.2, 0.25) is 0 Å². The molecule has 8 heteroatoms. The average molecular weight is 414 g/mol. The number of nitrogens with zero attached hydrogens (tertiary/aromatic N) is 2. The molecule has 0 saturated carbocycles. The van der Waals surface area contributed by atoms with Crippen LogP contribution in [0.15, 0.2) is 54.7 Å². The van der Waals surface area contributed by atoms with Crippen molar-refractivity contribution >= 4 is 22.5 Å². The van der Waals surface area contributed by atoms with Gasteiger partial charge >= 0.3 is 12.2 Å². The lowest BCUT2D eigenvalue weighted by atomic mass is 10.0. The summed E-state index contributed by atoms with van der Waals surface area (Å²) in [6, 6.07) is 12.6. The summed E-state index contributed by atoms with van der Waals surface area (Å²) >= 11 is 0. The minimum atomic E-state index is -4.37. The molecule has 0 spiro atoms. The Kier molecular flexibility index (Phi) is 5.34. The van der Waals surface area contributed by atoms with E-state index >= 15 is 0 Å². The summed E-state index contributed by atoms with van der Waals surface area (Å²) in [5, 5.41) is 7.60. The van der Waals surface area contributed by atoms with Crippen molar-refractivity contribution in [2.24, 2.45) is 0 Å². The van der Waals surface area contributed by atoms with Gasteiger partial charge in [0.15, 0.2) is 0 Å². The molecule has 2 heterocycles. The van der Waals surface area contributed by atoms with E-state index in [2.05, 4.69) is 15.6 Å². The lowest BCUT2D eigenvalue weighted by Gasteiger charge is -2.39. The van der Waals surface area contributed by atoms with E-state index < -0.39 is 11.7 Å². The zero-order chi connectivity index (χ0) is 21.3. The van der Waals surface area contributed by atoms with E-state index in [9.17, 15) is 18.0 Å². The Hall–Kier alpha value is -3.13. The van der Waals surface area contributed by atoms with Crippen LogP contribution in [0, 0.1) is 6.92 Å². The summed E-state index contributed by atoms with van der Waals surface area (Å²) in [6.07, 6.45) is -2.67. The second-order valence-corrected chi connectivity index (χ2v) is 7.44. The highest BCUT2D eigenvalue weighted by atomic mass is 19.4.